The van der Waals surface area contributed by atoms with Gasteiger partial charge in [-0.2, -0.15) is 0 Å². The van der Waals surface area contributed by atoms with E-state index in [0.29, 0.717) is 16.5 Å². The molecule has 6 nitrogen and oxygen atoms in total. The van der Waals surface area contributed by atoms with Crippen molar-refractivity contribution in [3.05, 3.63) is 52.3 Å². The molecule has 2 heterocycles. The minimum atomic E-state index is -0.841. The Morgan fingerprint density at radius 2 is 1.74 bits per heavy atom. The van der Waals surface area contributed by atoms with E-state index in [9.17, 15) is 14.4 Å². The number of furan rings is 1. The first-order chi connectivity index (χ1) is 10.9. The lowest BCUT2D eigenvalue weighted by Gasteiger charge is -2.13. The average molecular weight is 331 g/mol. The highest BCUT2D eigenvalue weighted by molar-refractivity contribution is 6.31. The van der Waals surface area contributed by atoms with Crippen molar-refractivity contribution in [3.63, 3.8) is 0 Å². The van der Waals surface area contributed by atoms with Crippen LogP contribution in [0.25, 0.3) is 17.4 Å². The fourth-order valence-electron chi connectivity index (χ4n) is 2.08. The van der Waals surface area contributed by atoms with Crippen LogP contribution in [0.1, 0.15) is 11.3 Å². The number of halogens is 1. The van der Waals surface area contributed by atoms with Gasteiger partial charge in [-0.05, 0) is 36.8 Å². The van der Waals surface area contributed by atoms with Crippen LogP contribution in [0.5, 0.6) is 0 Å². The van der Waals surface area contributed by atoms with Gasteiger partial charge >= 0.3 is 6.03 Å². The van der Waals surface area contributed by atoms with Crippen LogP contribution in [0.15, 0.2) is 40.3 Å². The van der Waals surface area contributed by atoms with E-state index in [0.717, 1.165) is 11.1 Å². The molecule has 1 aliphatic heterocycles. The van der Waals surface area contributed by atoms with Gasteiger partial charge in [-0.3, -0.25) is 20.2 Å². The van der Waals surface area contributed by atoms with Crippen LogP contribution in [0, 0.1) is 6.92 Å². The summed E-state index contributed by atoms with van der Waals surface area (Å²) in [5.41, 5.74) is 1.52. The SMILES string of the molecule is Cc1ccc(-c2ccc(C=C3C(=O)NC(=O)NC3=O)o2)cc1Cl. The Morgan fingerprint density at radius 3 is 2.39 bits per heavy atom. The summed E-state index contributed by atoms with van der Waals surface area (Å²) >= 11 is 6.09. The first kappa shape index (κ1) is 15.1. The zero-order valence-corrected chi connectivity index (χ0v) is 12.7. The zero-order valence-electron chi connectivity index (χ0n) is 12.0. The van der Waals surface area contributed by atoms with Crippen LogP contribution < -0.4 is 10.6 Å². The summed E-state index contributed by atoms with van der Waals surface area (Å²) < 4.78 is 5.61. The predicted octanol–water partition coefficient (Wildman–Crippen LogP) is 2.66. The van der Waals surface area contributed by atoms with Gasteiger partial charge in [0.25, 0.3) is 11.8 Å². The van der Waals surface area contributed by atoms with E-state index in [1.165, 1.54) is 6.08 Å². The minimum Gasteiger partial charge on any atom is -0.457 e. The maximum absolute atomic E-state index is 11.7. The molecule has 0 saturated carbocycles. The third kappa shape index (κ3) is 3.02. The quantitative estimate of drug-likeness (QED) is 0.654. The van der Waals surface area contributed by atoms with Gasteiger partial charge in [-0.15, -0.1) is 0 Å². The lowest BCUT2D eigenvalue weighted by Crippen LogP contribution is -2.51. The van der Waals surface area contributed by atoms with E-state index in [1.807, 2.05) is 29.7 Å². The van der Waals surface area contributed by atoms with Crippen molar-refractivity contribution in [2.75, 3.05) is 0 Å². The molecule has 4 amide bonds. The van der Waals surface area contributed by atoms with E-state index >= 15 is 0 Å². The Hall–Kier alpha value is -2.86. The van der Waals surface area contributed by atoms with Gasteiger partial charge in [0.15, 0.2) is 0 Å². The molecule has 0 spiro atoms. The molecule has 1 aliphatic rings. The molecule has 3 rings (SSSR count). The first-order valence-electron chi connectivity index (χ1n) is 6.69. The number of aryl methyl sites for hydroxylation is 1. The molecule has 2 aromatic rings. The molecule has 0 radical (unpaired) electrons. The maximum Gasteiger partial charge on any atom is 0.328 e. The van der Waals surface area contributed by atoms with Gasteiger partial charge in [0, 0.05) is 10.6 Å². The largest absolute Gasteiger partial charge is 0.457 e. The molecule has 116 valence electrons. The van der Waals surface area contributed by atoms with E-state index in [2.05, 4.69) is 0 Å². The fourth-order valence-corrected chi connectivity index (χ4v) is 2.26. The van der Waals surface area contributed by atoms with Crippen LogP contribution >= 0.6 is 11.6 Å². The van der Waals surface area contributed by atoms with Gasteiger partial charge in [0.1, 0.15) is 17.1 Å². The smallest absolute Gasteiger partial charge is 0.328 e. The molecule has 0 aliphatic carbocycles. The molecule has 7 heteroatoms. The van der Waals surface area contributed by atoms with Crippen molar-refractivity contribution in [2.24, 2.45) is 0 Å². The standard InChI is InChI=1S/C16H11ClN2O4/c1-8-2-3-9(6-12(8)17)13-5-4-10(23-13)7-11-14(20)18-16(22)19-15(11)21/h2-7H,1H3,(H2,18,19,20,21,22). The number of nitrogens with one attached hydrogen (secondary N) is 2. The monoisotopic (exact) mass is 330 g/mol. The Bertz CT molecular complexity index is 845. The summed E-state index contributed by atoms with van der Waals surface area (Å²) in [5, 5.41) is 4.60. The van der Waals surface area contributed by atoms with Crippen LogP contribution in [-0.4, -0.2) is 17.8 Å². The van der Waals surface area contributed by atoms with Crippen molar-refractivity contribution in [1.29, 1.82) is 0 Å². The molecule has 0 bridgehead atoms. The van der Waals surface area contributed by atoms with Crippen molar-refractivity contribution < 1.29 is 18.8 Å². The zero-order chi connectivity index (χ0) is 16.6. The van der Waals surface area contributed by atoms with Crippen molar-refractivity contribution in [1.82, 2.24) is 10.6 Å². The number of imide groups is 2. The average Bonchev–Trinajstić information content (AvgIpc) is 2.94. The second kappa shape index (κ2) is 5.73. The molecule has 23 heavy (non-hydrogen) atoms. The second-order valence-electron chi connectivity index (χ2n) is 4.96. The molecule has 1 saturated heterocycles. The highest BCUT2D eigenvalue weighted by Crippen LogP contribution is 2.27. The summed E-state index contributed by atoms with van der Waals surface area (Å²) in [6.07, 6.45) is 1.27. The van der Waals surface area contributed by atoms with E-state index < -0.39 is 17.8 Å². The van der Waals surface area contributed by atoms with Gasteiger partial charge in [0.05, 0.1) is 0 Å². The summed E-state index contributed by atoms with van der Waals surface area (Å²) in [6, 6.07) is 7.98. The van der Waals surface area contributed by atoms with E-state index in [4.69, 9.17) is 16.0 Å². The molecule has 0 unspecified atom stereocenters. The summed E-state index contributed by atoms with van der Waals surface area (Å²) in [6.45, 7) is 1.89. The fraction of sp³-hybridized carbons (Fsp3) is 0.0625. The molecule has 1 fully saturated rings. The highest BCUT2D eigenvalue weighted by atomic mass is 35.5. The molecule has 0 atom stereocenters. The summed E-state index contributed by atoms with van der Waals surface area (Å²) in [4.78, 5) is 34.3. The maximum atomic E-state index is 11.7. The third-order valence-electron chi connectivity index (χ3n) is 3.31. The Labute approximate surface area is 136 Å². The Kier molecular flexibility index (Phi) is 3.75. The molecule has 1 aromatic heterocycles. The van der Waals surface area contributed by atoms with Crippen molar-refractivity contribution in [3.8, 4) is 11.3 Å². The predicted molar refractivity (Wildman–Crippen MR) is 83.5 cm³/mol. The molecular formula is C16H11ClN2O4. The third-order valence-corrected chi connectivity index (χ3v) is 3.72. The van der Waals surface area contributed by atoms with Crippen LogP contribution in [0.4, 0.5) is 4.79 Å². The number of hydrogen-bond donors (Lipinski definition) is 2. The van der Waals surface area contributed by atoms with Crippen LogP contribution in [0.2, 0.25) is 5.02 Å². The number of carbonyl (C=O) groups is 3. The summed E-state index contributed by atoms with van der Waals surface area (Å²) in [5.74, 6) is -0.678. The number of hydrogen-bond acceptors (Lipinski definition) is 4. The van der Waals surface area contributed by atoms with E-state index in [-0.39, 0.29) is 5.57 Å². The number of barbiturate groups is 1. The van der Waals surface area contributed by atoms with E-state index in [1.54, 1.807) is 18.2 Å². The number of benzene rings is 1. The van der Waals surface area contributed by atoms with Crippen LogP contribution in [-0.2, 0) is 9.59 Å². The van der Waals surface area contributed by atoms with Crippen LogP contribution in [0.3, 0.4) is 0 Å². The number of urea groups is 1. The van der Waals surface area contributed by atoms with Gasteiger partial charge < -0.3 is 4.42 Å². The Morgan fingerprint density at radius 1 is 1.04 bits per heavy atom. The lowest BCUT2D eigenvalue weighted by molar-refractivity contribution is -0.123. The highest BCUT2D eigenvalue weighted by Gasteiger charge is 2.28. The van der Waals surface area contributed by atoms with Gasteiger partial charge in [0.2, 0.25) is 0 Å². The molecular weight excluding hydrogens is 320 g/mol. The number of rotatable bonds is 2. The topological polar surface area (TPSA) is 88.4 Å². The Balaban J connectivity index is 1.91. The normalized spacial score (nSPS) is 14.5. The molecule has 1 aromatic carbocycles. The van der Waals surface area contributed by atoms with Gasteiger partial charge in [-0.25, -0.2) is 4.79 Å². The minimum absolute atomic E-state index is 0.201. The second-order valence-corrected chi connectivity index (χ2v) is 5.37. The number of carbonyl (C=O) groups excluding carboxylic acids is 3. The summed E-state index contributed by atoms with van der Waals surface area (Å²) in [7, 11) is 0. The number of amides is 4. The van der Waals surface area contributed by atoms with Gasteiger partial charge in [-0.1, -0.05) is 23.7 Å². The molecule has 2 N–H and O–H groups in total. The lowest BCUT2D eigenvalue weighted by atomic mass is 10.1. The van der Waals surface area contributed by atoms with Crippen molar-refractivity contribution in [2.45, 2.75) is 6.92 Å². The van der Waals surface area contributed by atoms with Crippen molar-refractivity contribution >= 4 is 35.5 Å². The first-order valence-corrected chi connectivity index (χ1v) is 7.06.